The largest absolute Gasteiger partial charge is 0.347 e. The quantitative estimate of drug-likeness (QED) is 0.752. The predicted octanol–water partition coefficient (Wildman–Crippen LogP) is 4.53. The van der Waals surface area contributed by atoms with Crippen LogP contribution in [0, 0.1) is 5.82 Å². The molecule has 0 radical (unpaired) electrons. The highest BCUT2D eigenvalue weighted by Gasteiger charge is 2.29. The lowest BCUT2D eigenvalue weighted by molar-refractivity contribution is 0.610. The van der Waals surface area contributed by atoms with Crippen LogP contribution >= 0.6 is 0 Å². The molecule has 0 unspecified atom stereocenters. The molecule has 1 saturated heterocycles. The molecule has 0 amide bonds. The molecule has 1 atom stereocenters. The smallest absolute Gasteiger partial charge is 0.199 e. The summed E-state index contributed by atoms with van der Waals surface area (Å²) in [5.41, 5.74) is 2.88. The van der Waals surface area contributed by atoms with Crippen molar-refractivity contribution in [3.05, 3.63) is 102 Å². The van der Waals surface area contributed by atoms with E-state index in [9.17, 15) is 4.39 Å². The summed E-state index contributed by atoms with van der Waals surface area (Å²) in [7, 11) is 0. The van der Waals surface area contributed by atoms with Gasteiger partial charge in [0, 0.05) is 11.3 Å². The van der Waals surface area contributed by atoms with Crippen LogP contribution in [0.2, 0.25) is 0 Å². The fourth-order valence-electron chi connectivity index (χ4n) is 3.18. The number of benzene rings is 3. The maximum atomic E-state index is 13.9. The molecule has 1 aliphatic heterocycles. The first-order valence-corrected chi connectivity index (χ1v) is 8.73. The van der Waals surface area contributed by atoms with Crippen LogP contribution in [0.3, 0.4) is 0 Å². The third kappa shape index (κ3) is 3.45. The molecule has 0 spiro atoms. The molecule has 3 aromatic carbocycles. The molecular weight excluding hydrogens is 325 g/mol. The minimum Gasteiger partial charge on any atom is -0.347 e. The molecular formula is C22H20FN3. The third-order valence-electron chi connectivity index (χ3n) is 4.55. The Morgan fingerprint density at radius 1 is 0.885 bits per heavy atom. The molecule has 1 aliphatic rings. The number of guanidine groups is 1. The number of para-hydroxylation sites is 1. The standard InChI is InChI=1S/C22H20FN3/c23-20-14-8-7-11-18(20)15-24-22-25-21(17-9-3-1-4-10-17)16-26(22)19-12-5-2-6-13-19/h1-14,21H,15-16H2,(H,24,25)/t21-/m0/s1. The Labute approximate surface area is 152 Å². The first-order valence-electron chi connectivity index (χ1n) is 8.73. The minimum absolute atomic E-state index is 0.149. The number of hydrogen-bond acceptors (Lipinski definition) is 1. The summed E-state index contributed by atoms with van der Waals surface area (Å²) in [5.74, 6) is 0.550. The monoisotopic (exact) mass is 345 g/mol. The average molecular weight is 345 g/mol. The van der Waals surface area contributed by atoms with Gasteiger partial charge in [-0.15, -0.1) is 0 Å². The number of nitrogens with zero attached hydrogens (tertiary/aromatic N) is 2. The summed E-state index contributed by atoms with van der Waals surface area (Å²) in [5, 5.41) is 3.50. The van der Waals surface area contributed by atoms with Gasteiger partial charge in [0.25, 0.3) is 0 Å². The summed E-state index contributed by atoms with van der Waals surface area (Å²) in [6.07, 6.45) is 0. The predicted molar refractivity (Wildman–Crippen MR) is 104 cm³/mol. The summed E-state index contributed by atoms with van der Waals surface area (Å²) in [6, 6.07) is 27.4. The first kappa shape index (κ1) is 16.3. The fraction of sp³-hybridized carbons (Fsp3) is 0.136. The molecule has 0 saturated carbocycles. The van der Waals surface area contributed by atoms with Crippen LogP contribution in [0.4, 0.5) is 10.1 Å². The molecule has 3 aromatic rings. The molecule has 0 aromatic heterocycles. The van der Waals surface area contributed by atoms with Gasteiger partial charge in [-0.25, -0.2) is 9.38 Å². The minimum atomic E-state index is -0.222. The van der Waals surface area contributed by atoms with Gasteiger partial charge in [-0.1, -0.05) is 66.7 Å². The van der Waals surface area contributed by atoms with Crippen molar-refractivity contribution in [2.45, 2.75) is 12.6 Å². The molecule has 130 valence electrons. The normalized spacial score (nSPS) is 18.1. The summed E-state index contributed by atoms with van der Waals surface area (Å²) < 4.78 is 13.9. The summed E-state index contributed by atoms with van der Waals surface area (Å²) in [4.78, 5) is 6.83. The Bertz CT molecular complexity index is 894. The maximum absolute atomic E-state index is 13.9. The molecule has 1 heterocycles. The van der Waals surface area contributed by atoms with Crippen LogP contribution in [0.1, 0.15) is 17.2 Å². The number of nitrogens with one attached hydrogen (secondary N) is 1. The van der Waals surface area contributed by atoms with Gasteiger partial charge in [0.1, 0.15) is 5.82 Å². The SMILES string of the molecule is Fc1ccccc1CN=C1N[C@H](c2ccccc2)CN1c1ccccc1. The van der Waals surface area contributed by atoms with Crippen molar-refractivity contribution < 1.29 is 4.39 Å². The van der Waals surface area contributed by atoms with Crippen LogP contribution in [0.5, 0.6) is 0 Å². The van der Waals surface area contributed by atoms with Gasteiger partial charge in [-0.05, 0) is 23.8 Å². The average Bonchev–Trinajstić information content (AvgIpc) is 3.13. The van der Waals surface area contributed by atoms with E-state index in [4.69, 9.17) is 0 Å². The van der Waals surface area contributed by atoms with Crippen molar-refractivity contribution in [2.24, 2.45) is 4.99 Å². The van der Waals surface area contributed by atoms with E-state index < -0.39 is 0 Å². The molecule has 0 aliphatic carbocycles. The zero-order valence-electron chi connectivity index (χ0n) is 14.3. The number of rotatable bonds is 4. The van der Waals surface area contributed by atoms with E-state index in [2.05, 4.69) is 39.5 Å². The Morgan fingerprint density at radius 3 is 2.27 bits per heavy atom. The number of halogens is 1. The van der Waals surface area contributed by atoms with Crippen LogP contribution < -0.4 is 10.2 Å². The van der Waals surface area contributed by atoms with Crippen LogP contribution in [0.15, 0.2) is 89.9 Å². The molecule has 1 N–H and O–H groups in total. The Balaban J connectivity index is 1.63. The Hall–Kier alpha value is -3.14. The zero-order valence-corrected chi connectivity index (χ0v) is 14.3. The van der Waals surface area contributed by atoms with Gasteiger partial charge in [-0.3, -0.25) is 0 Å². The van der Waals surface area contributed by atoms with Gasteiger partial charge < -0.3 is 10.2 Å². The van der Waals surface area contributed by atoms with E-state index in [1.807, 2.05) is 42.5 Å². The van der Waals surface area contributed by atoms with Crippen LogP contribution in [-0.2, 0) is 6.54 Å². The Kier molecular flexibility index (Phi) is 4.65. The van der Waals surface area contributed by atoms with Gasteiger partial charge in [-0.2, -0.15) is 0 Å². The van der Waals surface area contributed by atoms with Crippen LogP contribution in [0.25, 0.3) is 0 Å². The molecule has 4 heteroatoms. The van der Waals surface area contributed by atoms with Gasteiger partial charge in [0.15, 0.2) is 5.96 Å². The van der Waals surface area contributed by atoms with E-state index in [0.29, 0.717) is 12.1 Å². The number of anilines is 1. The topological polar surface area (TPSA) is 27.6 Å². The maximum Gasteiger partial charge on any atom is 0.199 e. The van der Waals surface area contributed by atoms with Gasteiger partial charge >= 0.3 is 0 Å². The van der Waals surface area contributed by atoms with Gasteiger partial charge in [0.05, 0.1) is 19.1 Å². The lowest BCUT2D eigenvalue weighted by Crippen LogP contribution is -2.30. The van der Waals surface area contributed by atoms with E-state index in [1.54, 1.807) is 12.1 Å². The lowest BCUT2D eigenvalue weighted by Gasteiger charge is -2.17. The van der Waals surface area contributed by atoms with Crippen molar-refractivity contribution in [3.63, 3.8) is 0 Å². The fourth-order valence-corrected chi connectivity index (χ4v) is 3.18. The molecule has 3 nitrogen and oxygen atoms in total. The van der Waals surface area contributed by atoms with Crippen molar-refractivity contribution >= 4 is 11.6 Å². The van der Waals surface area contributed by atoms with Crippen molar-refractivity contribution in [2.75, 3.05) is 11.4 Å². The summed E-state index contributed by atoms with van der Waals surface area (Å²) >= 11 is 0. The molecule has 26 heavy (non-hydrogen) atoms. The molecule has 4 rings (SSSR count). The summed E-state index contributed by atoms with van der Waals surface area (Å²) in [6.45, 7) is 1.09. The van der Waals surface area contributed by atoms with Crippen molar-refractivity contribution in [1.29, 1.82) is 0 Å². The molecule has 1 fully saturated rings. The van der Waals surface area contributed by atoms with E-state index in [-0.39, 0.29) is 11.9 Å². The van der Waals surface area contributed by atoms with Crippen LogP contribution in [-0.4, -0.2) is 12.5 Å². The second-order valence-electron chi connectivity index (χ2n) is 6.29. The van der Waals surface area contributed by atoms with E-state index >= 15 is 0 Å². The second-order valence-corrected chi connectivity index (χ2v) is 6.29. The first-order chi connectivity index (χ1) is 12.8. The lowest BCUT2D eigenvalue weighted by atomic mass is 10.1. The van der Waals surface area contributed by atoms with Gasteiger partial charge in [0.2, 0.25) is 0 Å². The van der Waals surface area contributed by atoms with Crippen molar-refractivity contribution in [1.82, 2.24) is 5.32 Å². The highest BCUT2D eigenvalue weighted by Crippen LogP contribution is 2.25. The number of hydrogen-bond donors (Lipinski definition) is 1. The van der Waals surface area contributed by atoms with E-state index in [1.165, 1.54) is 11.6 Å². The van der Waals surface area contributed by atoms with E-state index in [0.717, 1.165) is 18.2 Å². The molecule has 0 bridgehead atoms. The number of aliphatic imine (C=N–C) groups is 1. The highest BCUT2D eigenvalue weighted by atomic mass is 19.1. The second kappa shape index (κ2) is 7.40. The Morgan fingerprint density at radius 2 is 1.54 bits per heavy atom. The zero-order chi connectivity index (χ0) is 17.8. The highest BCUT2D eigenvalue weighted by molar-refractivity contribution is 5.98. The third-order valence-corrected chi connectivity index (χ3v) is 4.55. The van der Waals surface area contributed by atoms with Crippen molar-refractivity contribution in [3.8, 4) is 0 Å².